The lowest BCUT2D eigenvalue weighted by Gasteiger charge is -2.50. The summed E-state index contributed by atoms with van der Waals surface area (Å²) in [5.41, 5.74) is 6.36. The van der Waals surface area contributed by atoms with E-state index in [4.69, 9.17) is 32.8 Å². The number of carbonyl (C=O) groups is 1. The van der Waals surface area contributed by atoms with Crippen LogP contribution in [-0.4, -0.2) is 98.3 Å². The number of rotatable bonds is 20. The summed E-state index contributed by atoms with van der Waals surface area (Å²) in [6, 6.07) is 24.8. The van der Waals surface area contributed by atoms with E-state index in [-0.39, 0.29) is 30.8 Å². The molecule has 11 heteroatoms. The number of amides is 1. The minimum atomic E-state index is -2.41. The highest BCUT2D eigenvalue weighted by Crippen LogP contribution is 2.46. The van der Waals surface area contributed by atoms with Crippen LogP contribution < -0.4 is 9.64 Å². The lowest BCUT2D eigenvalue weighted by Crippen LogP contribution is -2.59. The smallest absolute Gasteiger partial charge is 0.410 e. The molecular weight excluding hydrogens is 725 g/mol. The Balaban J connectivity index is 1.49. The number of hydrogen-bond donors (Lipinski definition) is 0. The second-order valence-corrected chi connectivity index (χ2v) is 21.5. The fraction of sp³-hybridized carbons (Fsp3) is 0.578. The molecule has 3 aromatic carbocycles. The van der Waals surface area contributed by atoms with Crippen LogP contribution in [0.15, 0.2) is 72.8 Å². The van der Waals surface area contributed by atoms with E-state index in [0.717, 1.165) is 53.2 Å². The average Bonchev–Trinajstić information content (AvgIpc) is 3.20. The van der Waals surface area contributed by atoms with Crippen molar-refractivity contribution in [2.24, 2.45) is 0 Å². The number of carbonyl (C=O) groups excluding carboxylic acids is 1. The van der Waals surface area contributed by atoms with Crippen LogP contribution in [0.3, 0.4) is 0 Å². The Bertz CT molecular complexity index is 1600. The van der Waals surface area contributed by atoms with Gasteiger partial charge in [0.05, 0.1) is 57.4 Å². The van der Waals surface area contributed by atoms with E-state index >= 15 is 0 Å². The van der Waals surface area contributed by atoms with Gasteiger partial charge in [-0.2, -0.15) is 0 Å². The summed E-state index contributed by atoms with van der Waals surface area (Å²) < 4.78 is 43.0. The molecule has 5 rings (SSSR count). The molecule has 2 aliphatic rings. The normalized spacial score (nSPS) is 18.7. The quantitative estimate of drug-likeness (QED) is 0.0823. The number of piperidine rings is 1. The van der Waals surface area contributed by atoms with Crippen LogP contribution >= 0.6 is 0 Å². The third-order valence-electron chi connectivity index (χ3n) is 11.4. The molecule has 3 atom stereocenters. The lowest BCUT2D eigenvalue weighted by atomic mass is 9.84. The Morgan fingerprint density at radius 2 is 1.43 bits per heavy atom. The molecule has 308 valence electrons. The highest BCUT2D eigenvalue weighted by molar-refractivity contribution is 6.77. The van der Waals surface area contributed by atoms with E-state index in [9.17, 15) is 4.79 Å². The van der Waals surface area contributed by atoms with Crippen LogP contribution in [0.2, 0.25) is 16.6 Å². The second-order valence-electron chi connectivity index (χ2n) is 16.1. The first-order chi connectivity index (χ1) is 27.1. The van der Waals surface area contributed by atoms with Crippen LogP contribution in [-0.2, 0) is 47.9 Å². The number of methoxy groups -OCH3 is 2. The van der Waals surface area contributed by atoms with Crippen LogP contribution in [0, 0.1) is 0 Å². The van der Waals surface area contributed by atoms with Gasteiger partial charge in [0.1, 0.15) is 19.0 Å². The van der Waals surface area contributed by atoms with Crippen molar-refractivity contribution in [2.75, 3.05) is 71.7 Å². The first-order valence-corrected chi connectivity index (χ1v) is 22.6. The topological polar surface area (TPSA) is 88.2 Å². The first kappa shape index (κ1) is 43.7. The number of hydrogen-bond acceptors (Lipinski definition) is 9. The summed E-state index contributed by atoms with van der Waals surface area (Å²) in [4.78, 5) is 18.2. The van der Waals surface area contributed by atoms with Crippen LogP contribution in [0.5, 0.6) is 5.75 Å². The minimum absolute atomic E-state index is 0.133. The molecule has 10 nitrogen and oxygen atoms in total. The minimum Gasteiger partial charge on any atom is -0.490 e. The second kappa shape index (κ2) is 21.3. The maximum atomic E-state index is 14.0. The van der Waals surface area contributed by atoms with Gasteiger partial charge >= 0.3 is 6.09 Å². The van der Waals surface area contributed by atoms with Crippen molar-refractivity contribution in [3.63, 3.8) is 0 Å². The van der Waals surface area contributed by atoms with Gasteiger partial charge in [0.15, 0.2) is 0 Å². The van der Waals surface area contributed by atoms with Gasteiger partial charge in [-0.3, -0.25) is 0 Å². The summed E-state index contributed by atoms with van der Waals surface area (Å²) in [7, 11) is 1.01. The first-order valence-electron chi connectivity index (χ1n) is 20.5. The molecule has 2 heterocycles. The zero-order valence-electron chi connectivity index (χ0n) is 35.0. The molecule has 0 unspecified atom stereocenters. The fourth-order valence-corrected chi connectivity index (χ4v) is 14.3. The highest BCUT2D eigenvalue weighted by Gasteiger charge is 2.51. The Labute approximate surface area is 336 Å². The van der Waals surface area contributed by atoms with E-state index < -0.39 is 8.32 Å². The Morgan fingerprint density at radius 3 is 2.11 bits per heavy atom. The number of nitrogens with zero attached hydrogens (tertiary/aromatic N) is 2. The number of fused-ring (bicyclic) bond motifs is 1. The molecule has 3 aromatic rings. The van der Waals surface area contributed by atoms with Gasteiger partial charge in [-0.15, -0.1) is 0 Å². The van der Waals surface area contributed by atoms with E-state index in [1.54, 1.807) is 14.2 Å². The van der Waals surface area contributed by atoms with Crippen LogP contribution in [0.1, 0.15) is 76.1 Å². The van der Waals surface area contributed by atoms with Gasteiger partial charge in [0.25, 0.3) is 0 Å². The standard InChI is InChI=1S/C45H66N2O8Si/c1-33(2)56(34(3)4,35(5)6)55-43-29-47(45(48)54-31-36-13-10-9-11-14-36)28-42(44(43)39-18-15-37(16-19-39)30-51-26-25-50-8)53-32-38-17-20-41-40(27-38)46(22-24-52-41)21-12-23-49-7/h9-11,13-20,27,33-35,42-44H,12,21-26,28-32H2,1-8H3/t42-,43+,44+/m0/s1. The molecule has 0 aromatic heterocycles. The third-order valence-corrected chi connectivity index (χ3v) is 17.5. The maximum absolute atomic E-state index is 14.0. The molecule has 1 amide bonds. The lowest BCUT2D eigenvalue weighted by molar-refractivity contribution is -0.0663. The van der Waals surface area contributed by atoms with Crippen LogP contribution in [0.25, 0.3) is 0 Å². The Morgan fingerprint density at radius 1 is 0.768 bits per heavy atom. The molecule has 0 bridgehead atoms. The maximum Gasteiger partial charge on any atom is 0.410 e. The highest BCUT2D eigenvalue weighted by atomic mass is 28.4. The monoisotopic (exact) mass is 790 g/mol. The predicted molar refractivity (Wildman–Crippen MR) is 224 cm³/mol. The Hall–Kier alpha value is -3.45. The zero-order valence-corrected chi connectivity index (χ0v) is 36.0. The number of likely N-dealkylation sites (tertiary alicyclic amines) is 1. The zero-order chi connectivity index (χ0) is 40.1. The summed E-state index contributed by atoms with van der Waals surface area (Å²) >= 11 is 0. The van der Waals surface area contributed by atoms with E-state index in [1.165, 1.54) is 0 Å². The Kier molecular flexibility index (Phi) is 16.6. The number of benzene rings is 3. The number of ether oxygens (including phenoxy) is 6. The van der Waals surface area contributed by atoms with Gasteiger partial charge in [-0.25, -0.2) is 4.79 Å². The molecule has 1 saturated heterocycles. The van der Waals surface area contributed by atoms with Gasteiger partial charge in [-0.05, 0) is 57.4 Å². The largest absolute Gasteiger partial charge is 0.490 e. The molecule has 56 heavy (non-hydrogen) atoms. The third kappa shape index (κ3) is 11.1. The summed E-state index contributed by atoms with van der Waals surface area (Å²) in [5, 5.41) is 0. The average molecular weight is 791 g/mol. The van der Waals surface area contributed by atoms with Crippen molar-refractivity contribution in [3.8, 4) is 5.75 Å². The molecular formula is C45H66N2O8Si. The van der Waals surface area contributed by atoms with Crippen molar-refractivity contribution >= 4 is 20.1 Å². The number of anilines is 1. The molecule has 1 fully saturated rings. The van der Waals surface area contributed by atoms with E-state index in [2.05, 4.69) is 88.9 Å². The van der Waals surface area contributed by atoms with Gasteiger partial charge in [0.2, 0.25) is 8.32 Å². The molecule has 0 aliphatic carbocycles. The molecule has 2 aliphatic heterocycles. The van der Waals surface area contributed by atoms with Crippen molar-refractivity contribution in [2.45, 2.75) is 103 Å². The van der Waals surface area contributed by atoms with Gasteiger partial charge in [0, 0.05) is 39.8 Å². The van der Waals surface area contributed by atoms with Crippen LogP contribution in [0.4, 0.5) is 10.5 Å². The molecule has 0 N–H and O–H groups in total. The van der Waals surface area contributed by atoms with Gasteiger partial charge in [-0.1, -0.05) is 102 Å². The van der Waals surface area contributed by atoms with E-state index in [0.29, 0.717) is 69.4 Å². The molecule has 0 spiro atoms. The fourth-order valence-electron chi connectivity index (χ4n) is 8.71. The SMILES string of the molecule is COCCCN1CCOc2ccc(CO[C@H]3CN(C(=O)OCc4ccccc4)C[C@@H](O[Si](C(C)C)(C(C)C)C(C)C)[C@@H]3c3ccc(COCCOC)cc3)cc21. The van der Waals surface area contributed by atoms with Crippen molar-refractivity contribution < 1.29 is 37.6 Å². The molecule has 0 radical (unpaired) electrons. The van der Waals surface area contributed by atoms with Crippen molar-refractivity contribution in [1.82, 2.24) is 4.90 Å². The van der Waals surface area contributed by atoms with Crippen molar-refractivity contribution in [3.05, 3.63) is 95.1 Å². The molecule has 0 saturated carbocycles. The van der Waals surface area contributed by atoms with Gasteiger partial charge < -0.3 is 42.6 Å². The predicted octanol–water partition coefficient (Wildman–Crippen LogP) is 8.97. The van der Waals surface area contributed by atoms with E-state index in [1.807, 2.05) is 35.2 Å². The summed E-state index contributed by atoms with van der Waals surface area (Å²) in [6.45, 7) is 19.9. The summed E-state index contributed by atoms with van der Waals surface area (Å²) in [5.74, 6) is 0.753. The van der Waals surface area contributed by atoms with Crippen molar-refractivity contribution in [1.29, 1.82) is 0 Å². The summed E-state index contributed by atoms with van der Waals surface area (Å²) in [6.07, 6.45) is -0.107.